The van der Waals surface area contributed by atoms with Crippen LogP contribution in [0.2, 0.25) is 0 Å². The second kappa shape index (κ2) is 4.90. The standard InChI is InChI=1S/C13H14BrN3S/c1-13(2,3)10-5-11(18)17-12(16-10)8-4-9(14)7-15-6-8/h4-7H,1-3H3,(H,16,17,18). The highest BCUT2D eigenvalue weighted by molar-refractivity contribution is 9.10. The van der Waals surface area contributed by atoms with Crippen LogP contribution in [0, 0.1) is 4.64 Å². The fourth-order valence-electron chi connectivity index (χ4n) is 1.54. The SMILES string of the molecule is CC(C)(C)c1cc(=S)nc(-c2cncc(Br)c2)[nH]1. The molecule has 3 nitrogen and oxygen atoms in total. The second-order valence-electron chi connectivity index (χ2n) is 5.12. The van der Waals surface area contributed by atoms with Gasteiger partial charge in [-0.3, -0.25) is 4.98 Å². The number of halogens is 1. The summed E-state index contributed by atoms with van der Waals surface area (Å²) in [6.07, 6.45) is 3.51. The van der Waals surface area contributed by atoms with E-state index in [0.717, 1.165) is 21.6 Å². The molecule has 0 amide bonds. The lowest BCUT2D eigenvalue weighted by Crippen LogP contribution is -2.14. The van der Waals surface area contributed by atoms with Crippen molar-refractivity contribution in [1.82, 2.24) is 15.0 Å². The Kier molecular flexibility index (Phi) is 3.64. The third-order valence-electron chi connectivity index (χ3n) is 2.53. The molecule has 0 saturated carbocycles. The van der Waals surface area contributed by atoms with Crippen LogP contribution in [-0.2, 0) is 5.41 Å². The molecule has 1 N–H and O–H groups in total. The Bertz CT molecular complexity index is 629. The van der Waals surface area contributed by atoms with Gasteiger partial charge in [0.05, 0.1) is 0 Å². The van der Waals surface area contributed by atoms with Gasteiger partial charge in [0.1, 0.15) is 10.5 Å². The summed E-state index contributed by atoms with van der Waals surface area (Å²) in [5.74, 6) is 0.751. The molecule has 18 heavy (non-hydrogen) atoms. The summed E-state index contributed by atoms with van der Waals surface area (Å²) in [7, 11) is 0. The Morgan fingerprint density at radius 3 is 2.56 bits per heavy atom. The number of rotatable bonds is 1. The first-order chi connectivity index (χ1) is 8.36. The van der Waals surface area contributed by atoms with Gasteiger partial charge in [0.15, 0.2) is 0 Å². The zero-order valence-electron chi connectivity index (χ0n) is 10.5. The van der Waals surface area contributed by atoms with Crippen LogP contribution in [0.1, 0.15) is 26.5 Å². The first kappa shape index (κ1) is 13.4. The van der Waals surface area contributed by atoms with Crippen LogP contribution >= 0.6 is 28.1 Å². The molecule has 0 atom stereocenters. The highest BCUT2D eigenvalue weighted by Gasteiger charge is 2.16. The molecule has 0 aliphatic rings. The van der Waals surface area contributed by atoms with Crippen molar-refractivity contribution in [1.29, 1.82) is 0 Å². The van der Waals surface area contributed by atoms with E-state index in [0.29, 0.717) is 4.64 Å². The van der Waals surface area contributed by atoms with E-state index in [9.17, 15) is 0 Å². The van der Waals surface area contributed by atoms with Gasteiger partial charge in [0, 0.05) is 33.5 Å². The largest absolute Gasteiger partial charge is 0.343 e. The van der Waals surface area contributed by atoms with Crippen molar-refractivity contribution in [3.05, 3.63) is 39.3 Å². The van der Waals surface area contributed by atoms with Crippen molar-refractivity contribution in [2.45, 2.75) is 26.2 Å². The molecule has 2 aromatic heterocycles. The topological polar surface area (TPSA) is 41.6 Å². The zero-order chi connectivity index (χ0) is 13.3. The first-order valence-corrected chi connectivity index (χ1v) is 6.79. The Morgan fingerprint density at radius 2 is 1.94 bits per heavy atom. The number of nitrogens with one attached hydrogen (secondary N) is 1. The van der Waals surface area contributed by atoms with Crippen LogP contribution in [0.3, 0.4) is 0 Å². The molecule has 2 rings (SSSR count). The highest BCUT2D eigenvalue weighted by Crippen LogP contribution is 2.24. The zero-order valence-corrected chi connectivity index (χ0v) is 12.9. The van der Waals surface area contributed by atoms with E-state index in [1.54, 1.807) is 12.4 Å². The molecule has 94 valence electrons. The van der Waals surface area contributed by atoms with Crippen molar-refractivity contribution in [2.24, 2.45) is 0 Å². The van der Waals surface area contributed by atoms with Crippen LogP contribution in [-0.4, -0.2) is 15.0 Å². The van der Waals surface area contributed by atoms with Crippen molar-refractivity contribution >= 4 is 28.1 Å². The van der Waals surface area contributed by atoms with Crippen LogP contribution in [0.15, 0.2) is 29.0 Å². The van der Waals surface area contributed by atoms with Gasteiger partial charge in [0.25, 0.3) is 0 Å². The van der Waals surface area contributed by atoms with Gasteiger partial charge in [0.2, 0.25) is 0 Å². The number of aromatic amines is 1. The molecule has 0 aromatic carbocycles. The number of hydrogen-bond acceptors (Lipinski definition) is 3. The lowest BCUT2D eigenvalue weighted by molar-refractivity contribution is 0.567. The van der Waals surface area contributed by atoms with Gasteiger partial charge >= 0.3 is 0 Å². The molecule has 2 aromatic rings. The maximum Gasteiger partial charge on any atom is 0.140 e. The molecular weight excluding hydrogens is 310 g/mol. The average molecular weight is 324 g/mol. The molecular formula is C13H14BrN3S. The quantitative estimate of drug-likeness (QED) is 0.797. The Morgan fingerprint density at radius 1 is 1.22 bits per heavy atom. The number of aromatic nitrogens is 3. The maximum atomic E-state index is 5.23. The monoisotopic (exact) mass is 323 g/mol. The average Bonchev–Trinajstić information content (AvgIpc) is 2.27. The Balaban J connectivity index is 2.59. The van der Waals surface area contributed by atoms with Gasteiger partial charge in [-0.1, -0.05) is 33.0 Å². The predicted octanol–water partition coefficient (Wildman–Crippen LogP) is 4.26. The lowest BCUT2D eigenvalue weighted by Gasteiger charge is -2.19. The molecule has 0 aliphatic carbocycles. The summed E-state index contributed by atoms with van der Waals surface area (Å²) in [5, 5.41) is 0. The molecule has 0 unspecified atom stereocenters. The van der Waals surface area contributed by atoms with E-state index in [1.807, 2.05) is 12.1 Å². The fourth-order valence-corrected chi connectivity index (χ4v) is 2.11. The van der Waals surface area contributed by atoms with Crippen molar-refractivity contribution in [3.63, 3.8) is 0 Å². The minimum atomic E-state index is 0.00465. The van der Waals surface area contributed by atoms with Gasteiger partial charge in [-0.2, -0.15) is 0 Å². The minimum Gasteiger partial charge on any atom is -0.343 e. The summed E-state index contributed by atoms with van der Waals surface area (Å²) in [5.41, 5.74) is 1.99. The van der Waals surface area contributed by atoms with E-state index in [-0.39, 0.29) is 5.41 Å². The molecule has 2 heterocycles. The lowest BCUT2D eigenvalue weighted by atomic mass is 9.92. The van der Waals surface area contributed by atoms with Gasteiger partial charge < -0.3 is 4.98 Å². The van der Waals surface area contributed by atoms with Crippen molar-refractivity contribution in [3.8, 4) is 11.4 Å². The minimum absolute atomic E-state index is 0.00465. The third-order valence-corrected chi connectivity index (χ3v) is 3.17. The molecule has 0 spiro atoms. The van der Waals surface area contributed by atoms with E-state index in [1.165, 1.54) is 0 Å². The van der Waals surface area contributed by atoms with Gasteiger partial charge in [-0.05, 0) is 28.1 Å². The number of H-pyrrole nitrogens is 1. The number of nitrogens with zero attached hydrogens (tertiary/aromatic N) is 2. The third kappa shape index (κ3) is 3.03. The van der Waals surface area contributed by atoms with E-state index < -0.39 is 0 Å². The van der Waals surface area contributed by atoms with Gasteiger partial charge in [-0.25, -0.2) is 4.98 Å². The number of pyridine rings is 1. The van der Waals surface area contributed by atoms with E-state index in [2.05, 4.69) is 51.7 Å². The predicted molar refractivity (Wildman–Crippen MR) is 79.1 cm³/mol. The van der Waals surface area contributed by atoms with Gasteiger partial charge in [-0.15, -0.1) is 0 Å². The summed E-state index contributed by atoms with van der Waals surface area (Å²) >= 11 is 8.63. The van der Waals surface area contributed by atoms with Crippen molar-refractivity contribution < 1.29 is 0 Å². The molecule has 5 heteroatoms. The van der Waals surface area contributed by atoms with E-state index in [4.69, 9.17) is 12.2 Å². The smallest absolute Gasteiger partial charge is 0.140 e. The van der Waals surface area contributed by atoms with Crippen LogP contribution in [0.4, 0.5) is 0 Å². The Hall–Kier alpha value is -1.07. The van der Waals surface area contributed by atoms with Crippen LogP contribution < -0.4 is 0 Å². The first-order valence-electron chi connectivity index (χ1n) is 5.59. The summed E-state index contributed by atoms with van der Waals surface area (Å²) < 4.78 is 1.51. The fraction of sp³-hybridized carbons (Fsp3) is 0.308. The Labute approximate surface area is 120 Å². The summed E-state index contributed by atoms with van der Waals surface area (Å²) in [6.45, 7) is 6.41. The second-order valence-corrected chi connectivity index (χ2v) is 6.46. The highest BCUT2D eigenvalue weighted by atomic mass is 79.9. The van der Waals surface area contributed by atoms with E-state index >= 15 is 0 Å². The normalized spacial score (nSPS) is 11.6. The molecule has 0 aliphatic heterocycles. The number of hydrogen-bond donors (Lipinski definition) is 1. The molecule has 0 fully saturated rings. The van der Waals surface area contributed by atoms with Crippen molar-refractivity contribution in [2.75, 3.05) is 0 Å². The van der Waals surface area contributed by atoms with Crippen LogP contribution in [0.5, 0.6) is 0 Å². The molecule has 0 bridgehead atoms. The molecule has 0 radical (unpaired) electrons. The maximum absolute atomic E-state index is 5.23. The summed E-state index contributed by atoms with van der Waals surface area (Å²) in [4.78, 5) is 11.8. The summed E-state index contributed by atoms with van der Waals surface area (Å²) in [6, 6.07) is 3.87. The van der Waals surface area contributed by atoms with Crippen LogP contribution in [0.25, 0.3) is 11.4 Å². The molecule has 0 saturated heterocycles.